The van der Waals surface area contributed by atoms with Gasteiger partial charge in [0.05, 0.1) is 6.54 Å². The molecule has 1 amide bonds. The average molecular weight is 186 g/mol. The summed E-state index contributed by atoms with van der Waals surface area (Å²) in [5.74, 6) is 0.928. The number of amides is 1. The van der Waals surface area contributed by atoms with Crippen LogP contribution in [0.15, 0.2) is 0 Å². The molecule has 0 unspecified atom stereocenters. The molecule has 0 heterocycles. The first-order chi connectivity index (χ1) is 5.91. The molecule has 0 aromatic rings. The molecule has 0 radical (unpaired) electrons. The maximum absolute atomic E-state index is 10.8. The molecule has 0 saturated carbocycles. The SMILES string of the molecule is CC(C)CN(CC(N)=O)CC(C)C. The number of carbonyl (C=O) groups is 1. The van der Waals surface area contributed by atoms with E-state index in [4.69, 9.17) is 5.73 Å². The Hall–Kier alpha value is -0.570. The third-order valence-corrected chi connectivity index (χ3v) is 1.63. The van der Waals surface area contributed by atoms with Crippen molar-refractivity contribution in [1.29, 1.82) is 0 Å². The molecule has 3 nitrogen and oxygen atoms in total. The molecular weight excluding hydrogens is 164 g/mol. The number of hydrogen-bond donors (Lipinski definition) is 1. The highest BCUT2D eigenvalue weighted by Crippen LogP contribution is 2.02. The number of primary amides is 1. The lowest BCUT2D eigenvalue weighted by Gasteiger charge is -2.24. The van der Waals surface area contributed by atoms with Crippen molar-refractivity contribution in [3.05, 3.63) is 0 Å². The van der Waals surface area contributed by atoms with E-state index in [0.29, 0.717) is 18.4 Å². The smallest absolute Gasteiger partial charge is 0.231 e. The van der Waals surface area contributed by atoms with Gasteiger partial charge in [0.15, 0.2) is 0 Å². The monoisotopic (exact) mass is 186 g/mol. The first-order valence-electron chi connectivity index (χ1n) is 4.92. The Morgan fingerprint density at radius 1 is 1.15 bits per heavy atom. The first-order valence-corrected chi connectivity index (χ1v) is 4.92. The lowest BCUT2D eigenvalue weighted by atomic mass is 10.1. The number of carbonyl (C=O) groups excluding carboxylic acids is 1. The van der Waals surface area contributed by atoms with Crippen molar-refractivity contribution >= 4 is 5.91 Å². The standard InChI is InChI=1S/C10H22N2O/c1-8(2)5-12(6-9(3)4)7-10(11)13/h8-9H,5-7H2,1-4H3,(H2,11,13). The fourth-order valence-electron chi connectivity index (χ4n) is 1.46. The van der Waals surface area contributed by atoms with Gasteiger partial charge in [-0.3, -0.25) is 9.69 Å². The number of hydrogen-bond acceptors (Lipinski definition) is 2. The third kappa shape index (κ3) is 7.78. The molecule has 0 aliphatic carbocycles. The fourth-order valence-corrected chi connectivity index (χ4v) is 1.46. The predicted octanol–water partition coefficient (Wildman–Crippen LogP) is 1.09. The molecule has 2 N–H and O–H groups in total. The second-order valence-electron chi connectivity index (χ2n) is 4.45. The van der Waals surface area contributed by atoms with E-state index in [-0.39, 0.29) is 5.91 Å². The predicted molar refractivity (Wildman–Crippen MR) is 55.3 cm³/mol. The molecule has 0 rings (SSSR count). The lowest BCUT2D eigenvalue weighted by molar-refractivity contribution is -0.119. The Kier molecular flexibility index (Phi) is 5.71. The minimum absolute atomic E-state index is 0.235. The largest absolute Gasteiger partial charge is 0.369 e. The van der Waals surface area contributed by atoms with E-state index in [1.807, 2.05) is 0 Å². The normalized spacial score (nSPS) is 11.6. The van der Waals surface area contributed by atoms with Gasteiger partial charge >= 0.3 is 0 Å². The maximum Gasteiger partial charge on any atom is 0.231 e. The van der Waals surface area contributed by atoms with Crippen LogP contribution in [0.1, 0.15) is 27.7 Å². The van der Waals surface area contributed by atoms with Crippen molar-refractivity contribution < 1.29 is 4.79 Å². The van der Waals surface area contributed by atoms with Crippen LogP contribution in [0.25, 0.3) is 0 Å². The van der Waals surface area contributed by atoms with Crippen LogP contribution in [0, 0.1) is 11.8 Å². The van der Waals surface area contributed by atoms with Crippen LogP contribution >= 0.6 is 0 Å². The molecule has 0 fully saturated rings. The van der Waals surface area contributed by atoms with Crippen molar-refractivity contribution in [3.63, 3.8) is 0 Å². The fraction of sp³-hybridized carbons (Fsp3) is 0.900. The van der Waals surface area contributed by atoms with E-state index >= 15 is 0 Å². The van der Waals surface area contributed by atoms with Gasteiger partial charge in [0.1, 0.15) is 0 Å². The molecule has 0 spiro atoms. The summed E-state index contributed by atoms with van der Waals surface area (Å²) in [6.07, 6.45) is 0. The molecule has 3 heteroatoms. The van der Waals surface area contributed by atoms with Gasteiger partial charge < -0.3 is 5.73 Å². The first kappa shape index (κ1) is 12.4. The molecule has 13 heavy (non-hydrogen) atoms. The summed E-state index contributed by atoms with van der Waals surface area (Å²) >= 11 is 0. The highest BCUT2D eigenvalue weighted by atomic mass is 16.1. The topological polar surface area (TPSA) is 46.3 Å². The van der Waals surface area contributed by atoms with Crippen LogP contribution in [-0.4, -0.2) is 30.4 Å². The van der Waals surface area contributed by atoms with Crippen molar-refractivity contribution in [2.75, 3.05) is 19.6 Å². The molecule has 0 saturated heterocycles. The Morgan fingerprint density at radius 2 is 1.54 bits per heavy atom. The molecule has 0 aliphatic rings. The van der Waals surface area contributed by atoms with Gasteiger partial charge in [-0.15, -0.1) is 0 Å². The number of nitrogens with zero attached hydrogens (tertiary/aromatic N) is 1. The van der Waals surface area contributed by atoms with Gasteiger partial charge in [0, 0.05) is 13.1 Å². The average Bonchev–Trinajstić information content (AvgIpc) is 1.80. The Bertz CT molecular complexity index is 145. The van der Waals surface area contributed by atoms with Gasteiger partial charge in [-0.05, 0) is 11.8 Å². The van der Waals surface area contributed by atoms with Gasteiger partial charge in [0.2, 0.25) is 5.91 Å². The third-order valence-electron chi connectivity index (χ3n) is 1.63. The Balaban J connectivity index is 3.95. The number of nitrogens with two attached hydrogens (primary N) is 1. The van der Waals surface area contributed by atoms with Gasteiger partial charge in [0.25, 0.3) is 0 Å². The van der Waals surface area contributed by atoms with Crippen LogP contribution in [0.3, 0.4) is 0 Å². The molecule has 78 valence electrons. The van der Waals surface area contributed by atoms with Crippen LogP contribution in [-0.2, 0) is 4.79 Å². The van der Waals surface area contributed by atoms with Gasteiger partial charge in [-0.25, -0.2) is 0 Å². The minimum Gasteiger partial charge on any atom is -0.369 e. The molecule has 0 aromatic heterocycles. The zero-order valence-corrected chi connectivity index (χ0v) is 9.21. The van der Waals surface area contributed by atoms with Gasteiger partial charge in [-0.1, -0.05) is 27.7 Å². The van der Waals surface area contributed by atoms with Crippen LogP contribution in [0.5, 0.6) is 0 Å². The highest BCUT2D eigenvalue weighted by Gasteiger charge is 2.11. The van der Waals surface area contributed by atoms with E-state index in [2.05, 4.69) is 32.6 Å². The van der Waals surface area contributed by atoms with E-state index in [1.54, 1.807) is 0 Å². The van der Waals surface area contributed by atoms with Crippen molar-refractivity contribution in [2.24, 2.45) is 17.6 Å². The quantitative estimate of drug-likeness (QED) is 0.675. The summed E-state index contributed by atoms with van der Waals surface area (Å²) < 4.78 is 0. The van der Waals surface area contributed by atoms with Gasteiger partial charge in [-0.2, -0.15) is 0 Å². The molecule has 0 aliphatic heterocycles. The highest BCUT2D eigenvalue weighted by molar-refractivity contribution is 5.75. The maximum atomic E-state index is 10.8. The summed E-state index contributed by atoms with van der Waals surface area (Å²) in [6, 6.07) is 0. The van der Waals surface area contributed by atoms with E-state index in [9.17, 15) is 4.79 Å². The summed E-state index contributed by atoms with van der Waals surface area (Å²) in [4.78, 5) is 12.9. The molecular formula is C10H22N2O. The number of rotatable bonds is 6. The van der Waals surface area contributed by atoms with E-state index < -0.39 is 0 Å². The van der Waals surface area contributed by atoms with E-state index in [0.717, 1.165) is 13.1 Å². The summed E-state index contributed by atoms with van der Waals surface area (Å²) in [6.45, 7) is 10.9. The van der Waals surface area contributed by atoms with E-state index in [1.165, 1.54) is 0 Å². The van der Waals surface area contributed by atoms with Crippen molar-refractivity contribution in [2.45, 2.75) is 27.7 Å². The summed E-state index contributed by atoms with van der Waals surface area (Å²) in [5.41, 5.74) is 5.16. The van der Waals surface area contributed by atoms with Crippen molar-refractivity contribution in [3.8, 4) is 0 Å². The Morgan fingerprint density at radius 3 is 1.77 bits per heavy atom. The Labute approximate surface area is 81.3 Å². The molecule has 0 atom stereocenters. The van der Waals surface area contributed by atoms with Crippen LogP contribution in [0.4, 0.5) is 0 Å². The lowest BCUT2D eigenvalue weighted by Crippen LogP contribution is -2.38. The van der Waals surface area contributed by atoms with Crippen molar-refractivity contribution in [1.82, 2.24) is 4.90 Å². The van der Waals surface area contributed by atoms with Crippen LogP contribution < -0.4 is 5.73 Å². The van der Waals surface area contributed by atoms with Crippen LogP contribution in [0.2, 0.25) is 0 Å². The zero-order valence-electron chi connectivity index (χ0n) is 9.21. The summed E-state index contributed by atoms with van der Waals surface area (Å²) in [7, 11) is 0. The second-order valence-corrected chi connectivity index (χ2v) is 4.45. The molecule has 0 bridgehead atoms. The molecule has 0 aromatic carbocycles. The zero-order chi connectivity index (χ0) is 10.4. The minimum atomic E-state index is -0.235. The second kappa shape index (κ2) is 5.97. The summed E-state index contributed by atoms with van der Waals surface area (Å²) in [5, 5.41) is 0.